The molecule has 0 spiro atoms. The van der Waals surface area contributed by atoms with Crippen LogP contribution in [0.15, 0.2) is 67.0 Å². The summed E-state index contributed by atoms with van der Waals surface area (Å²) in [6.07, 6.45) is 3.51. The van der Waals surface area contributed by atoms with Crippen LogP contribution in [0, 0.1) is 12.7 Å². The lowest BCUT2D eigenvalue weighted by Gasteiger charge is -2.08. The molecule has 0 radical (unpaired) electrons. The molecule has 146 valence electrons. The number of aryl methyl sites for hydroxylation is 1. The van der Waals surface area contributed by atoms with Crippen LogP contribution in [0.5, 0.6) is 0 Å². The van der Waals surface area contributed by atoms with Gasteiger partial charge in [0, 0.05) is 18.1 Å². The van der Waals surface area contributed by atoms with E-state index in [9.17, 15) is 9.18 Å². The number of aromatic nitrogens is 4. The molecule has 29 heavy (non-hydrogen) atoms. The molecular weight excluding hydrogens is 393 g/mol. The maximum atomic E-state index is 13.1. The first-order valence-corrected chi connectivity index (χ1v) is 9.28. The van der Waals surface area contributed by atoms with E-state index in [1.807, 2.05) is 30.5 Å². The highest BCUT2D eigenvalue weighted by molar-refractivity contribution is 6.33. The van der Waals surface area contributed by atoms with Gasteiger partial charge in [-0.25, -0.2) is 13.8 Å². The SMILES string of the molecule is Cc1nn(Cc2ccc(F)cc2)c(Cl)c1C(=O)Nc1cccc(-n2cccn2)c1. The van der Waals surface area contributed by atoms with Gasteiger partial charge >= 0.3 is 0 Å². The van der Waals surface area contributed by atoms with Gasteiger partial charge in [0.25, 0.3) is 5.91 Å². The van der Waals surface area contributed by atoms with Gasteiger partial charge in [0.15, 0.2) is 0 Å². The smallest absolute Gasteiger partial charge is 0.260 e. The lowest BCUT2D eigenvalue weighted by molar-refractivity contribution is 0.102. The Balaban J connectivity index is 1.55. The molecule has 2 aromatic carbocycles. The van der Waals surface area contributed by atoms with Crippen LogP contribution in [0.25, 0.3) is 5.69 Å². The zero-order valence-electron chi connectivity index (χ0n) is 15.5. The molecule has 8 heteroatoms. The number of nitrogens with one attached hydrogen (secondary N) is 1. The zero-order valence-corrected chi connectivity index (χ0v) is 16.3. The number of anilines is 1. The number of carbonyl (C=O) groups excluding carboxylic acids is 1. The van der Waals surface area contributed by atoms with E-state index < -0.39 is 0 Å². The van der Waals surface area contributed by atoms with E-state index in [-0.39, 0.29) is 16.9 Å². The molecule has 0 bridgehead atoms. The van der Waals surface area contributed by atoms with Crippen molar-refractivity contribution in [2.24, 2.45) is 0 Å². The summed E-state index contributed by atoms with van der Waals surface area (Å²) in [4.78, 5) is 12.8. The van der Waals surface area contributed by atoms with Crippen LogP contribution in [-0.4, -0.2) is 25.5 Å². The van der Waals surface area contributed by atoms with Crippen molar-refractivity contribution in [2.75, 3.05) is 5.32 Å². The summed E-state index contributed by atoms with van der Waals surface area (Å²) in [6.45, 7) is 2.06. The highest BCUT2D eigenvalue weighted by Crippen LogP contribution is 2.23. The molecule has 4 rings (SSSR count). The van der Waals surface area contributed by atoms with Crippen molar-refractivity contribution in [1.82, 2.24) is 19.6 Å². The predicted molar refractivity (Wildman–Crippen MR) is 109 cm³/mol. The average molecular weight is 410 g/mol. The second kappa shape index (κ2) is 7.89. The molecule has 1 N–H and O–H groups in total. The molecular formula is C21H17ClFN5O. The number of halogens is 2. The largest absolute Gasteiger partial charge is 0.322 e. The summed E-state index contributed by atoms with van der Waals surface area (Å²) in [5.74, 6) is -0.663. The molecule has 0 aliphatic heterocycles. The van der Waals surface area contributed by atoms with Gasteiger partial charge in [-0.1, -0.05) is 29.8 Å². The molecule has 0 saturated carbocycles. The summed E-state index contributed by atoms with van der Waals surface area (Å²) in [6, 6.07) is 15.2. The number of amides is 1. The van der Waals surface area contributed by atoms with E-state index >= 15 is 0 Å². The average Bonchev–Trinajstić information content (AvgIpc) is 3.33. The summed E-state index contributed by atoms with van der Waals surface area (Å²) in [5.41, 5.74) is 3.08. The lowest BCUT2D eigenvalue weighted by Crippen LogP contribution is -2.13. The standard InChI is InChI=1S/C21H17ClFN5O/c1-14-19(20(22)28(26-14)13-15-6-8-16(23)9-7-15)21(29)25-17-4-2-5-18(12-17)27-11-3-10-24-27/h2-12H,13H2,1H3,(H,25,29). The third-order valence-corrected chi connectivity index (χ3v) is 4.80. The predicted octanol–water partition coefficient (Wildman–Crippen LogP) is 4.47. The van der Waals surface area contributed by atoms with Crippen molar-refractivity contribution >= 4 is 23.2 Å². The first-order valence-electron chi connectivity index (χ1n) is 8.90. The fourth-order valence-corrected chi connectivity index (χ4v) is 3.34. The first-order chi connectivity index (χ1) is 14.0. The molecule has 0 aliphatic carbocycles. The van der Waals surface area contributed by atoms with Crippen LogP contribution < -0.4 is 5.32 Å². The Morgan fingerprint density at radius 1 is 1.17 bits per heavy atom. The molecule has 0 fully saturated rings. The fourth-order valence-electron chi connectivity index (χ4n) is 3.02. The fraction of sp³-hybridized carbons (Fsp3) is 0.0952. The van der Waals surface area contributed by atoms with E-state index in [0.29, 0.717) is 23.5 Å². The Bertz CT molecular complexity index is 1150. The molecule has 1 amide bonds. The van der Waals surface area contributed by atoms with Crippen molar-refractivity contribution in [3.05, 3.63) is 94.8 Å². The van der Waals surface area contributed by atoms with Crippen molar-refractivity contribution in [2.45, 2.75) is 13.5 Å². The van der Waals surface area contributed by atoms with Gasteiger partial charge in [0.2, 0.25) is 0 Å². The highest BCUT2D eigenvalue weighted by atomic mass is 35.5. The van der Waals surface area contributed by atoms with Crippen molar-refractivity contribution in [3.63, 3.8) is 0 Å². The second-order valence-corrected chi connectivity index (χ2v) is 6.85. The first kappa shape index (κ1) is 18.9. The van der Waals surface area contributed by atoms with Crippen LogP contribution in [0.3, 0.4) is 0 Å². The maximum Gasteiger partial charge on any atom is 0.260 e. The minimum Gasteiger partial charge on any atom is -0.322 e. The molecule has 0 aliphatic rings. The van der Waals surface area contributed by atoms with Gasteiger partial charge in [0.1, 0.15) is 11.0 Å². The molecule has 6 nitrogen and oxygen atoms in total. The monoisotopic (exact) mass is 409 g/mol. The topological polar surface area (TPSA) is 64.7 Å². The molecule has 0 unspecified atom stereocenters. The van der Waals surface area contributed by atoms with Gasteiger partial charge in [-0.2, -0.15) is 10.2 Å². The maximum absolute atomic E-state index is 13.1. The summed E-state index contributed by atoms with van der Waals surface area (Å²) < 4.78 is 16.3. The molecule has 0 saturated heterocycles. The third kappa shape index (κ3) is 4.05. The molecule has 2 heterocycles. The van der Waals surface area contributed by atoms with E-state index in [0.717, 1.165) is 11.3 Å². The van der Waals surface area contributed by atoms with Gasteiger partial charge in [-0.3, -0.25) is 4.79 Å². The summed E-state index contributed by atoms with van der Waals surface area (Å²) in [5, 5.41) is 11.6. The normalized spacial score (nSPS) is 10.9. The zero-order chi connectivity index (χ0) is 20.4. The number of carbonyl (C=O) groups is 1. The van der Waals surface area contributed by atoms with Gasteiger partial charge < -0.3 is 5.32 Å². The van der Waals surface area contributed by atoms with Crippen molar-refractivity contribution < 1.29 is 9.18 Å². The van der Waals surface area contributed by atoms with E-state index in [1.165, 1.54) is 16.8 Å². The highest BCUT2D eigenvalue weighted by Gasteiger charge is 2.20. The molecule has 4 aromatic rings. The van der Waals surface area contributed by atoms with Crippen LogP contribution >= 0.6 is 11.6 Å². The Labute approximate surface area is 171 Å². The molecule has 0 atom stereocenters. The summed E-state index contributed by atoms with van der Waals surface area (Å²) in [7, 11) is 0. The van der Waals surface area contributed by atoms with Crippen LogP contribution in [-0.2, 0) is 6.54 Å². The number of hydrogen-bond donors (Lipinski definition) is 1. The third-order valence-electron chi connectivity index (χ3n) is 4.41. The Hall–Kier alpha value is -3.45. The van der Waals surface area contributed by atoms with Crippen molar-refractivity contribution in [1.29, 1.82) is 0 Å². The molecule has 2 aromatic heterocycles. The number of nitrogens with zero attached hydrogens (tertiary/aromatic N) is 4. The van der Waals surface area contributed by atoms with E-state index in [1.54, 1.807) is 36.0 Å². The second-order valence-electron chi connectivity index (χ2n) is 6.49. The minimum atomic E-state index is -0.351. The number of hydrogen-bond acceptors (Lipinski definition) is 3. The van der Waals surface area contributed by atoms with Crippen molar-refractivity contribution in [3.8, 4) is 5.69 Å². The summed E-state index contributed by atoms with van der Waals surface area (Å²) >= 11 is 6.44. The van der Waals surface area contributed by atoms with Gasteiger partial charge in [-0.05, 0) is 48.9 Å². The Morgan fingerprint density at radius 2 is 1.97 bits per heavy atom. The number of benzene rings is 2. The van der Waals surface area contributed by atoms with Gasteiger partial charge in [0.05, 0.1) is 23.5 Å². The lowest BCUT2D eigenvalue weighted by atomic mass is 10.2. The van der Waals surface area contributed by atoms with E-state index in [2.05, 4.69) is 15.5 Å². The minimum absolute atomic E-state index is 0.229. The Morgan fingerprint density at radius 3 is 2.69 bits per heavy atom. The Kier molecular flexibility index (Phi) is 5.14. The quantitative estimate of drug-likeness (QED) is 0.529. The van der Waals surface area contributed by atoms with Crippen LogP contribution in [0.4, 0.5) is 10.1 Å². The number of rotatable bonds is 5. The van der Waals surface area contributed by atoms with Crippen LogP contribution in [0.2, 0.25) is 5.15 Å². The van der Waals surface area contributed by atoms with Crippen LogP contribution in [0.1, 0.15) is 21.6 Å². The van der Waals surface area contributed by atoms with Gasteiger partial charge in [-0.15, -0.1) is 0 Å². The van der Waals surface area contributed by atoms with E-state index in [4.69, 9.17) is 11.6 Å².